The summed E-state index contributed by atoms with van der Waals surface area (Å²) in [6.07, 6.45) is 4.33. The molecule has 0 atom stereocenters. The van der Waals surface area contributed by atoms with Gasteiger partial charge in [0.1, 0.15) is 5.69 Å². The molecule has 0 unspecified atom stereocenters. The van der Waals surface area contributed by atoms with Gasteiger partial charge in [0, 0.05) is 11.8 Å². The Labute approximate surface area is 168 Å². The fourth-order valence-corrected chi connectivity index (χ4v) is 3.78. The van der Waals surface area contributed by atoms with Gasteiger partial charge in [0.25, 0.3) is 0 Å². The third-order valence-electron chi connectivity index (χ3n) is 5.67. The average Bonchev–Trinajstić information content (AvgIpc) is 2.65. The highest BCUT2D eigenvalue weighted by molar-refractivity contribution is 5.72. The molecular weight excluding hydrogens is 346 g/mol. The molecule has 2 aromatic rings. The van der Waals surface area contributed by atoms with Gasteiger partial charge in [-0.25, -0.2) is 4.98 Å². The molecule has 0 aliphatic heterocycles. The number of hydrogen-bond donors (Lipinski definition) is 0. The van der Waals surface area contributed by atoms with Crippen LogP contribution in [0.5, 0.6) is 0 Å². The fraction of sp³-hybridized carbons (Fsp3) is 0.440. The summed E-state index contributed by atoms with van der Waals surface area (Å²) >= 11 is 0. The molecule has 3 nitrogen and oxygen atoms in total. The number of pyridine rings is 1. The van der Waals surface area contributed by atoms with E-state index in [0.717, 1.165) is 11.1 Å². The first-order valence-electron chi connectivity index (χ1n) is 9.99. The van der Waals surface area contributed by atoms with Crippen LogP contribution in [0, 0.1) is 11.8 Å². The number of hydrogen-bond acceptors (Lipinski definition) is 3. The van der Waals surface area contributed by atoms with Gasteiger partial charge in [-0.05, 0) is 71.4 Å². The first-order chi connectivity index (χ1) is 13.2. The van der Waals surface area contributed by atoms with Crippen molar-refractivity contribution in [2.45, 2.75) is 64.7 Å². The smallest absolute Gasteiger partial charge is 0.310 e. The van der Waals surface area contributed by atoms with Gasteiger partial charge in [0.15, 0.2) is 0 Å². The van der Waals surface area contributed by atoms with E-state index in [1.807, 2.05) is 12.1 Å². The van der Waals surface area contributed by atoms with Gasteiger partial charge in [-0.3, -0.25) is 4.79 Å². The molecule has 1 aliphatic rings. The number of fused-ring (bicyclic) bond motifs is 1. The van der Waals surface area contributed by atoms with Crippen LogP contribution < -0.4 is 0 Å². The molecule has 146 valence electrons. The number of aromatic nitrogens is 1. The van der Waals surface area contributed by atoms with E-state index in [0.29, 0.717) is 12.3 Å². The maximum atomic E-state index is 11.5. The largest absolute Gasteiger partial charge is 0.466 e. The highest BCUT2D eigenvalue weighted by atomic mass is 16.5. The van der Waals surface area contributed by atoms with Crippen LogP contribution in [0.3, 0.4) is 0 Å². The Morgan fingerprint density at radius 2 is 1.75 bits per heavy atom. The molecule has 3 rings (SSSR count). The zero-order chi connectivity index (χ0) is 20.4. The van der Waals surface area contributed by atoms with Gasteiger partial charge in [-0.2, -0.15) is 0 Å². The van der Waals surface area contributed by atoms with Gasteiger partial charge >= 0.3 is 5.97 Å². The molecule has 1 aromatic carbocycles. The summed E-state index contributed by atoms with van der Waals surface area (Å²) in [7, 11) is 0. The van der Waals surface area contributed by atoms with E-state index in [9.17, 15) is 4.79 Å². The Bertz CT molecular complexity index is 927. The zero-order valence-electron chi connectivity index (χ0n) is 17.6. The Balaban J connectivity index is 1.80. The number of rotatable bonds is 3. The number of benzene rings is 1. The average molecular weight is 376 g/mol. The standard InChI is InChI=1S/C25H29NO2/c1-6-28-23(27)16-19-8-11-20(26-17-19)10-7-18-9-12-21-22(15-18)25(4,5)14-13-24(21,2)3/h8-9,11-12,15,17H,6,13-14,16H2,1-5H3. The minimum atomic E-state index is -0.234. The topological polar surface area (TPSA) is 39.2 Å². The minimum absolute atomic E-state index is 0.176. The van der Waals surface area contributed by atoms with Crippen LogP contribution in [-0.4, -0.2) is 17.6 Å². The Hall–Kier alpha value is -2.60. The summed E-state index contributed by atoms with van der Waals surface area (Å²) in [6, 6.07) is 10.3. The molecule has 0 spiro atoms. The SMILES string of the molecule is CCOC(=O)Cc1ccc(C#Cc2ccc3c(c2)C(C)(C)CCC3(C)C)nc1. The van der Waals surface area contributed by atoms with Crippen molar-refractivity contribution in [3.8, 4) is 11.8 Å². The van der Waals surface area contributed by atoms with Gasteiger partial charge in [0.05, 0.1) is 13.0 Å². The molecule has 3 heteroatoms. The maximum Gasteiger partial charge on any atom is 0.310 e. The van der Waals surface area contributed by atoms with Crippen molar-refractivity contribution in [1.82, 2.24) is 4.98 Å². The second-order valence-electron chi connectivity index (χ2n) is 8.81. The lowest BCUT2D eigenvalue weighted by Gasteiger charge is -2.41. The van der Waals surface area contributed by atoms with Crippen LogP contribution in [-0.2, 0) is 26.8 Å². The summed E-state index contributed by atoms with van der Waals surface area (Å²) in [5, 5.41) is 0. The van der Waals surface area contributed by atoms with Crippen molar-refractivity contribution in [1.29, 1.82) is 0 Å². The van der Waals surface area contributed by atoms with Crippen molar-refractivity contribution in [3.05, 3.63) is 64.5 Å². The highest BCUT2D eigenvalue weighted by Gasteiger charge is 2.36. The van der Waals surface area contributed by atoms with Crippen molar-refractivity contribution < 1.29 is 9.53 Å². The summed E-state index contributed by atoms with van der Waals surface area (Å²) in [6.45, 7) is 11.5. The quantitative estimate of drug-likeness (QED) is 0.564. The Morgan fingerprint density at radius 1 is 1.04 bits per heavy atom. The highest BCUT2D eigenvalue weighted by Crippen LogP contribution is 2.45. The van der Waals surface area contributed by atoms with Crippen LogP contribution in [0.2, 0.25) is 0 Å². The van der Waals surface area contributed by atoms with Gasteiger partial charge in [-0.15, -0.1) is 0 Å². The summed E-state index contributed by atoms with van der Waals surface area (Å²) in [5.41, 5.74) is 5.79. The lowest BCUT2D eigenvalue weighted by Crippen LogP contribution is -2.33. The van der Waals surface area contributed by atoms with Crippen molar-refractivity contribution in [2.75, 3.05) is 6.61 Å². The van der Waals surface area contributed by atoms with Crippen molar-refractivity contribution in [2.24, 2.45) is 0 Å². The number of carbonyl (C=O) groups excluding carboxylic acids is 1. The van der Waals surface area contributed by atoms with Crippen molar-refractivity contribution in [3.63, 3.8) is 0 Å². The number of ether oxygens (including phenoxy) is 1. The number of esters is 1. The molecule has 0 radical (unpaired) electrons. The molecule has 0 fully saturated rings. The normalized spacial score (nSPS) is 16.5. The van der Waals surface area contributed by atoms with E-state index >= 15 is 0 Å². The molecule has 0 saturated carbocycles. The molecule has 1 aliphatic carbocycles. The second-order valence-corrected chi connectivity index (χ2v) is 8.81. The molecule has 0 amide bonds. The van der Waals surface area contributed by atoms with Crippen LogP contribution in [0.1, 0.15) is 75.4 Å². The van der Waals surface area contributed by atoms with Crippen LogP contribution >= 0.6 is 0 Å². The monoisotopic (exact) mass is 375 g/mol. The van der Waals surface area contributed by atoms with E-state index in [-0.39, 0.29) is 23.2 Å². The van der Waals surface area contributed by atoms with E-state index in [2.05, 4.69) is 62.7 Å². The molecule has 0 N–H and O–H groups in total. The molecule has 1 aromatic heterocycles. The predicted molar refractivity (Wildman–Crippen MR) is 112 cm³/mol. The Kier molecular flexibility index (Phi) is 5.61. The molecule has 28 heavy (non-hydrogen) atoms. The van der Waals surface area contributed by atoms with Gasteiger partial charge < -0.3 is 4.74 Å². The second kappa shape index (κ2) is 7.80. The first-order valence-corrected chi connectivity index (χ1v) is 9.99. The summed E-state index contributed by atoms with van der Waals surface area (Å²) < 4.78 is 4.96. The van der Waals surface area contributed by atoms with Gasteiger partial charge in [-0.1, -0.05) is 45.7 Å². The number of carbonyl (C=O) groups is 1. The first kappa shape index (κ1) is 20.1. The third-order valence-corrected chi connectivity index (χ3v) is 5.67. The van der Waals surface area contributed by atoms with Crippen molar-refractivity contribution >= 4 is 5.97 Å². The lowest BCUT2D eigenvalue weighted by molar-refractivity contribution is -0.142. The van der Waals surface area contributed by atoms with E-state index in [4.69, 9.17) is 4.74 Å². The molecule has 0 saturated heterocycles. The van der Waals surface area contributed by atoms with Crippen LogP contribution in [0.25, 0.3) is 0 Å². The summed E-state index contributed by atoms with van der Waals surface area (Å²) in [5.74, 6) is 6.16. The fourth-order valence-electron chi connectivity index (χ4n) is 3.78. The molecule has 0 bridgehead atoms. The van der Waals surface area contributed by atoms with Crippen LogP contribution in [0.4, 0.5) is 0 Å². The van der Waals surface area contributed by atoms with E-state index in [1.54, 1.807) is 13.1 Å². The lowest BCUT2D eigenvalue weighted by atomic mass is 9.63. The van der Waals surface area contributed by atoms with Gasteiger partial charge in [0.2, 0.25) is 0 Å². The predicted octanol–water partition coefficient (Wildman–Crippen LogP) is 4.94. The van der Waals surface area contributed by atoms with E-state index in [1.165, 1.54) is 24.0 Å². The molecule has 1 heterocycles. The Morgan fingerprint density at radius 3 is 2.39 bits per heavy atom. The number of nitrogens with zero attached hydrogens (tertiary/aromatic N) is 1. The van der Waals surface area contributed by atoms with Crippen LogP contribution in [0.15, 0.2) is 36.5 Å². The summed E-state index contributed by atoms with van der Waals surface area (Å²) in [4.78, 5) is 15.9. The maximum absolute atomic E-state index is 11.5. The third kappa shape index (κ3) is 4.44. The molecular formula is C25H29NO2. The minimum Gasteiger partial charge on any atom is -0.466 e. The van der Waals surface area contributed by atoms with E-state index < -0.39 is 0 Å². The zero-order valence-corrected chi connectivity index (χ0v) is 17.6.